The molecule has 4 aromatic rings. The van der Waals surface area contributed by atoms with Crippen molar-refractivity contribution in [3.8, 4) is 0 Å². The van der Waals surface area contributed by atoms with Crippen molar-refractivity contribution >= 4 is 34.5 Å². The van der Waals surface area contributed by atoms with Crippen LogP contribution >= 0.6 is 0 Å². The number of piperidine rings is 1. The molecule has 186 valence electrons. The molecule has 11 heteroatoms. The Bertz CT molecular complexity index is 1410. The van der Waals surface area contributed by atoms with Crippen molar-refractivity contribution in [1.29, 1.82) is 0 Å². The minimum absolute atomic E-state index is 0.0100. The van der Waals surface area contributed by atoms with Gasteiger partial charge < -0.3 is 19.9 Å². The number of hydrogen-bond donors (Lipinski definition) is 2. The lowest BCUT2D eigenvalue weighted by Crippen LogP contribution is -2.38. The maximum Gasteiger partial charge on any atom is 0.335 e. The summed E-state index contributed by atoms with van der Waals surface area (Å²) in [7, 11) is 0. The number of nitrogens with zero attached hydrogens (tertiary/aromatic N) is 6. The summed E-state index contributed by atoms with van der Waals surface area (Å²) in [5, 5.41) is 12.0. The monoisotopic (exact) mass is 493 g/mol. The van der Waals surface area contributed by atoms with Crippen LogP contribution in [0.3, 0.4) is 0 Å². The third-order valence-electron chi connectivity index (χ3n) is 6.43. The molecule has 0 saturated carbocycles. The molecule has 1 aromatic carbocycles. The first kappa shape index (κ1) is 23.6. The van der Waals surface area contributed by atoms with Gasteiger partial charge in [-0.1, -0.05) is 6.92 Å². The minimum atomic E-state index is -1.24. The van der Waals surface area contributed by atoms with E-state index in [2.05, 4.69) is 37.1 Å². The molecule has 9 nitrogen and oxygen atoms in total. The average molecular weight is 494 g/mol. The first-order chi connectivity index (χ1) is 17.4. The molecule has 0 spiro atoms. The lowest BCUT2D eigenvalue weighted by atomic mass is 9.98. The third kappa shape index (κ3) is 4.68. The van der Waals surface area contributed by atoms with Crippen LogP contribution < -0.4 is 10.2 Å². The summed E-state index contributed by atoms with van der Waals surface area (Å²) in [6.45, 7) is 4.21. The first-order valence-corrected chi connectivity index (χ1v) is 11.8. The molecule has 2 N–H and O–H groups in total. The molecule has 1 aliphatic heterocycles. The predicted molar refractivity (Wildman–Crippen MR) is 130 cm³/mol. The zero-order valence-corrected chi connectivity index (χ0v) is 19.7. The lowest BCUT2D eigenvalue weighted by Gasteiger charge is -2.33. The highest BCUT2D eigenvalue weighted by Gasteiger charge is 2.24. The Morgan fingerprint density at radius 3 is 2.69 bits per heavy atom. The van der Waals surface area contributed by atoms with E-state index in [0.717, 1.165) is 44.0 Å². The SMILES string of the molecule is CCc1cnc(N2CCC[C@H](Cn3cc(F)c4c(Nc5ccc(C(=O)O)cc5F)ncnc43)C2)nc1. The van der Waals surface area contributed by atoms with Gasteiger partial charge in [0.1, 0.15) is 23.6 Å². The minimum Gasteiger partial charge on any atom is -0.478 e. The highest BCUT2D eigenvalue weighted by molar-refractivity contribution is 5.91. The summed E-state index contributed by atoms with van der Waals surface area (Å²) < 4.78 is 31.3. The van der Waals surface area contributed by atoms with Gasteiger partial charge in [-0.15, -0.1) is 0 Å². The zero-order chi connectivity index (χ0) is 25.2. The van der Waals surface area contributed by atoms with Gasteiger partial charge in [0.15, 0.2) is 5.82 Å². The highest BCUT2D eigenvalue weighted by Crippen LogP contribution is 2.30. The number of halogens is 2. The summed E-state index contributed by atoms with van der Waals surface area (Å²) in [5.74, 6) is -1.51. The maximum absolute atomic E-state index is 15.1. The van der Waals surface area contributed by atoms with Crippen LogP contribution in [0, 0.1) is 17.6 Å². The number of rotatable bonds is 7. The number of anilines is 3. The van der Waals surface area contributed by atoms with Gasteiger partial charge in [0.25, 0.3) is 0 Å². The molecule has 0 aliphatic carbocycles. The maximum atomic E-state index is 15.1. The van der Waals surface area contributed by atoms with E-state index >= 15 is 4.39 Å². The molecular formula is C25H25F2N7O2. The molecule has 3 aromatic heterocycles. The zero-order valence-electron chi connectivity index (χ0n) is 19.7. The van der Waals surface area contributed by atoms with E-state index in [0.29, 0.717) is 18.1 Å². The summed E-state index contributed by atoms with van der Waals surface area (Å²) >= 11 is 0. The molecule has 36 heavy (non-hydrogen) atoms. The predicted octanol–water partition coefficient (Wildman–Crippen LogP) is 4.42. The highest BCUT2D eigenvalue weighted by atomic mass is 19.1. The number of carboxylic acid groups (broad SMARTS) is 1. The molecule has 1 fully saturated rings. The smallest absolute Gasteiger partial charge is 0.335 e. The van der Waals surface area contributed by atoms with Gasteiger partial charge in [-0.2, -0.15) is 0 Å². The van der Waals surface area contributed by atoms with Crippen LogP contribution in [0.15, 0.2) is 43.1 Å². The van der Waals surface area contributed by atoms with Gasteiger partial charge >= 0.3 is 5.97 Å². The van der Waals surface area contributed by atoms with E-state index in [1.165, 1.54) is 24.7 Å². The van der Waals surface area contributed by atoms with Crippen molar-refractivity contribution < 1.29 is 18.7 Å². The Labute approximate surface area is 205 Å². The number of fused-ring (bicyclic) bond motifs is 1. The van der Waals surface area contributed by atoms with Crippen LogP contribution in [0.2, 0.25) is 0 Å². The molecule has 0 unspecified atom stereocenters. The molecule has 5 rings (SSSR count). The molecule has 0 radical (unpaired) electrons. The lowest BCUT2D eigenvalue weighted by molar-refractivity contribution is 0.0696. The summed E-state index contributed by atoms with van der Waals surface area (Å²) in [6.07, 6.45) is 9.21. The Balaban J connectivity index is 1.37. The second-order valence-corrected chi connectivity index (χ2v) is 8.87. The van der Waals surface area contributed by atoms with E-state index in [-0.39, 0.29) is 28.4 Å². The Morgan fingerprint density at radius 2 is 1.97 bits per heavy atom. The molecule has 1 aliphatic rings. The van der Waals surface area contributed by atoms with Gasteiger partial charge in [-0.3, -0.25) is 0 Å². The van der Waals surface area contributed by atoms with Crippen molar-refractivity contribution in [2.24, 2.45) is 5.92 Å². The van der Waals surface area contributed by atoms with Crippen LogP contribution in [0.1, 0.15) is 35.7 Å². The summed E-state index contributed by atoms with van der Waals surface area (Å²) in [5.41, 5.74) is 1.29. The molecular weight excluding hydrogens is 468 g/mol. The van der Waals surface area contributed by atoms with Crippen LogP contribution in [0.5, 0.6) is 0 Å². The number of benzene rings is 1. The fourth-order valence-electron chi connectivity index (χ4n) is 4.56. The molecule has 0 bridgehead atoms. The van der Waals surface area contributed by atoms with Crippen molar-refractivity contribution in [2.75, 3.05) is 23.3 Å². The van der Waals surface area contributed by atoms with Crippen LogP contribution in [-0.4, -0.2) is 48.7 Å². The normalized spacial score (nSPS) is 15.9. The van der Waals surface area contributed by atoms with Gasteiger partial charge in [0.05, 0.1) is 16.6 Å². The number of hydrogen-bond acceptors (Lipinski definition) is 7. The first-order valence-electron chi connectivity index (χ1n) is 11.8. The van der Waals surface area contributed by atoms with E-state index in [9.17, 15) is 9.18 Å². The standard InChI is InChI=1S/C25H25F2N7O2/c1-2-15-9-28-25(29-10-15)33-7-3-4-16(11-33)12-34-13-19(27)21-22(30-14-31-23(21)34)32-20-6-5-17(24(35)36)8-18(20)26/h5-6,8-10,13-14,16H,2-4,7,11-12H2,1H3,(H,35,36)(H,30,31,32)/t16-/m0/s1. The number of aromatic nitrogens is 5. The molecule has 1 atom stereocenters. The van der Waals surface area contributed by atoms with Gasteiger partial charge in [0, 0.05) is 38.2 Å². The van der Waals surface area contributed by atoms with Gasteiger partial charge in [-0.25, -0.2) is 33.5 Å². The van der Waals surface area contributed by atoms with E-state index < -0.39 is 17.6 Å². The van der Waals surface area contributed by atoms with Crippen LogP contribution in [0.4, 0.5) is 26.2 Å². The topological polar surface area (TPSA) is 109 Å². The number of nitrogens with one attached hydrogen (secondary N) is 1. The van der Waals surface area contributed by atoms with E-state index in [1.807, 2.05) is 12.4 Å². The third-order valence-corrected chi connectivity index (χ3v) is 6.43. The van der Waals surface area contributed by atoms with Crippen molar-refractivity contribution in [3.05, 3.63) is 65.9 Å². The second-order valence-electron chi connectivity index (χ2n) is 8.87. The number of carboxylic acids is 1. The average Bonchev–Trinajstić information content (AvgIpc) is 3.21. The molecule has 4 heterocycles. The van der Waals surface area contributed by atoms with Crippen LogP contribution in [0.25, 0.3) is 11.0 Å². The van der Waals surface area contributed by atoms with Gasteiger partial charge in [-0.05, 0) is 48.9 Å². The van der Waals surface area contributed by atoms with Crippen molar-refractivity contribution in [1.82, 2.24) is 24.5 Å². The number of carbonyl (C=O) groups is 1. The summed E-state index contributed by atoms with van der Waals surface area (Å²) in [4.78, 5) is 30.6. The molecule has 1 saturated heterocycles. The summed E-state index contributed by atoms with van der Waals surface area (Å²) in [6, 6.07) is 3.45. The van der Waals surface area contributed by atoms with E-state index in [1.54, 1.807) is 4.57 Å². The fourth-order valence-corrected chi connectivity index (χ4v) is 4.56. The number of aromatic carboxylic acids is 1. The number of aryl methyl sites for hydroxylation is 1. The largest absolute Gasteiger partial charge is 0.478 e. The second kappa shape index (κ2) is 9.84. The Kier molecular flexibility index (Phi) is 6.45. The van der Waals surface area contributed by atoms with Crippen molar-refractivity contribution in [3.63, 3.8) is 0 Å². The van der Waals surface area contributed by atoms with Gasteiger partial charge in [0.2, 0.25) is 5.95 Å². The Hall–Kier alpha value is -4.15. The van der Waals surface area contributed by atoms with Crippen molar-refractivity contribution in [2.45, 2.75) is 32.7 Å². The molecule has 0 amide bonds. The quantitative estimate of drug-likeness (QED) is 0.390. The fraction of sp³-hybridized carbons (Fsp3) is 0.320. The Morgan fingerprint density at radius 1 is 1.17 bits per heavy atom. The van der Waals surface area contributed by atoms with E-state index in [4.69, 9.17) is 5.11 Å². The van der Waals surface area contributed by atoms with Crippen LogP contribution in [-0.2, 0) is 13.0 Å².